The van der Waals surface area contributed by atoms with E-state index in [1.54, 1.807) is 23.1 Å². The molecule has 168 valence electrons. The summed E-state index contributed by atoms with van der Waals surface area (Å²) in [5, 5.41) is 9.15. The highest BCUT2D eigenvalue weighted by Gasteiger charge is 2.58. The largest absolute Gasteiger partial charge is 0.427 e. The molecule has 1 saturated carbocycles. The van der Waals surface area contributed by atoms with Crippen LogP contribution in [0.2, 0.25) is 0 Å². The molecule has 5 rings (SSSR count). The maximum atomic E-state index is 13.4. The first-order valence-electron chi connectivity index (χ1n) is 11.3. The highest BCUT2D eigenvalue weighted by Crippen LogP contribution is 2.45. The van der Waals surface area contributed by atoms with Gasteiger partial charge in [-0.25, -0.2) is 9.69 Å². The summed E-state index contributed by atoms with van der Waals surface area (Å²) in [7, 11) is 0. The third-order valence-corrected chi connectivity index (χ3v) is 7.09. The lowest BCUT2D eigenvalue weighted by Crippen LogP contribution is -2.47. The van der Waals surface area contributed by atoms with Crippen molar-refractivity contribution < 1.29 is 19.1 Å². The van der Waals surface area contributed by atoms with Crippen LogP contribution in [0.4, 0.5) is 4.79 Å². The summed E-state index contributed by atoms with van der Waals surface area (Å²) in [6, 6.07) is 16.9. The molecule has 2 aromatic carbocycles. The number of nitriles is 1. The molecule has 0 aromatic heterocycles. The van der Waals surface area contributed by atoms with Crippen molar-refractivity contribution in [2.75, 3.05) is 6.54 Å². The van der Waals surface area contributed by atoms with Gasteiger partial charge >= 0.3 is 6.09 Å². The van der Waals surface area contributed by atoms with E-state index >= 15 is 0 Å². The van der Waals surface area contributed by atoms with Gasteiger partial charge in [-0.15, -0.1) is 0 Å². The number of rotatable bonds is 6. The van der Waals surface area contributed by atoms with Crippen LogP contribution in [-0.2, 0) is 32.9 Å². The highest BCUT2D eigenvalue weighted by molar-refractivity contribution is 6.06. The van der Waals surface area contributed by atoms with Crippen molar-refractivity contribution in [2.45, 2.75) is 50.8 Å². The van der Waals surface area contributed by atoms with Crippen molar-refractivity contribution in [3.05, 3.63) is 70.8 Å². The van der Waals surface area contributed by atoms with Gasteiger partial charge in [-0.1, -0.05) is 36.4 Å². The van der Waals surface area contributed by atoms with Crippen molar-refractivity contribution in [2.24, 2.45) is 5.92 Å². The van der Waals surface area contributed by atoms with E-state index in [0.29, 0.717) is 36.4 Å². The third kappa shape index (κ3) is 3.66. The Morgan fingerprint density at radius 3 is 2.70 bits per heavy atom. The quantitative estimate of drug-likeness (QED) is 0.682. The van der Waals surface area contributed by atoms with Crippen LogP contribution in [0.1, 0.15) is 48.4 Å². The second kappa shape index (κ2) is 8.04. The molecule has 1 aliphatic heterocycles. The van der Waals surface area contributed by atoms with Crippen LogP contribution in [0, 0.1) is 17.2 Å². The Morgan fingerprint density at radius 1 is 1.24 bits per heavy atom. The number of benzene rings is 2. The zero-order valence-electron chi connectivity index (χ0n) is 18.5. The number of ether oxygens (including phenoxy) is 1. The Labute approximate surface area is 192 Å². The second-order valence-electron chi connectivity index (χ2n) is 9.16. The minimum atomic E-state index is -1.40. The molecule has 1 spiro atoms. The summed E-state index contributed by atoms with van der Waals surface area (Å²) in [5.74, 6) is -0.317. The number of carbonyl (C=O) groups excluding carboxylic acids is 3. The first-order valence-corrected chi connectivity index (χ1v) is 11.3. The summed E-state index contributed by atoms with van der Waals surface area (Å²) in [6.45, 7) is 2.12. The molecule has 2 aromatic rings. The summed E-state index contributed by atoms with van der Waals surface area (Å²) < 4.78 is 5.64. The Hall–Kier alpha value is -3.66. The second-order valence-corrected chi connectivity index (χ2v) is 9.16. The Kier molecular flexibility index (Phi) is 5.16. The number of amides is 3. The van der Waals surface area contributed by atoms with E-state index < -0.39 is 17.6 Å². The molecule has 3 amide bonds. The maximum Gasteiger partial charge on any atom is 0.418 e. The van der Waals surface area contributed by atoms with Gasteiger partial charge in [-0.2, -0.15) is 5.26 Å². The zero-order chi connectivity index (χ0) is 23.2. The molecule has 0 radical (unpaired) electrons. The molecule has 3 aliphatic rings. The van der Waals surface area contributed by atoms with Crippen LogP contribution in [0.3, 0.4) is 0 Å². The summed E-state index contributed by atoms with van der Waals surface area (Å²) in [6.07, 6.45) is 2.22. The van der Waals surface area contributed by atoms with E-state index in [1.165, 1.54) is 0 Å². The number of hydrogen-bond donors (Lipinski definition) is 0. The van der Waals surface area contributed by atoms with Gasteiger partial charge in [0, 0.05) is 24.6 Å². The minimum Gasteiger partial charge on any atom is -0.427 e. The van der Waals surface area contributed by atoms with E-state index in [-0.39, 0.29) is 18.5 Å². The molecule has 0 N–H and O–H groups in total. The van der Waals surface area contributed by atoms with Crippen molar-refractivity contribution >= 4 is 17.9 Å². The van der Waals surface area contributed by atoms with Gasteiger partial charge in [0.05, 0.1) is 11.6 Å². The lowest BCUT2D eigenvalue weighted by Gasteiger charge is -2.30. The molecule has 0 bridgehead atoms. The van der Waals surface area contributed by atoms with E-state index in [1.807, 2.05) is 37.3 Å². The lowest BCUT2D eigenvalue weighted by molar-refractivity contribution is -0.143. The van der Waals surface area contributed by atoms with Gasteiger partial charge in [0.15, 0.2) is 0 Å². The van der Waals surface area contributed by atoms with Crippen LogP contribution >= 0.6 is 0 Å². The number of imide groups is 1. The Bertz CT molecular complexity index is 1170. The van der Waals surface area contributed by atoms with Gasteiger partial charge in [0.2, 0.25) is 11.5 Å². The van der Waals surface area contributed by atoms with Crippen molar-refractivity contribution in [1.29, 1.82) is 5.26 Å². The molecule has 1 unspecified atom stereocenters. The first-order chi connectivity index (χ1) is 15.9. The van der Waals surface area contributed by atoms with E-state index in [4.69, 9.17) is 10.00 Å². The van der Waals surface area contributed by atoms with Gasteiger partial charge < -0.3 is 9.64 Å². The monoisotopic (exact) mass is 443 g/mol. The lowest BCUT2D eigenvalue weighted by atomic mass is 9.94. The fraction of sp³-hybridized carbons (Fsp3) is 0.385. The van der Waals surface area contributed by atoms with Crippen LogP contribution in [0.15, 0.2) is 48.5 Å². The number of nitrogens with zero attached hydrogens (tertiary/aromatic N) is 3. The molecule has 1 saturated heterocycles. The van der Waals surface area contributed by atoms with Crippen LogP contribution < -0.4 is 0 Å². The van der Waals surface area contributed by atoms with Crippen LogP contribution in [-0.4, -0.2) is 40.3 Å². The molecule has 7 heteroatoms. The van der Waals surface area contributed by atoms with Gasteiger partial charge in [-0.3, -0.25) is 9.59 Å². The van der Waals surface area contributed by atoms with Crippen molar-refractivity contribution in [3.63, 3.8) is 0 Å². The first kappa shape index (κ1) is 21.2. The van der Waals surface area contributed by atoms with E-state index in [0.717, 1.165) is 28.9 Å². The predicted molar refractivity (Wildman–Crippen MR) is 119 cm³/mol. The minimum absolute atomic E-state index is 0.0250. The highest BCUT2D eigenvalue weighted by atomic mass is 16.6. The molecule has 33 heavy (non-hydrogen) atoms. The molecule has 2 aliphatic carbocycles. The summed E-state index contributed by atoms with van der Waals surface area (Å²) in [4.78, 5) is 42.3. The average molecular weight is 444 g/mol. The van der Waals surface area contributed by atoms with Gasteiger partial charge in [0.25, 0.3) is 5.91 Å². The Balaban J connectivity index is 1.37. The number of fused-ring (bicyclic) bond motifs is 2. The number of carbonyl (C=O) groups is 3. The fourth-order valence-corrected chi connectivity index (χ4v) is 5.02. The third-order valence-electron chi connectivity index (χ3n) is 7.09. The van der Waals surface area contributed by atoms with E-state index in [9.17, 15) is 14.4 Å². The normalized spacial score (nSPS) is 22.1. The topological polar surface area (TPSA) is 90.7 Å². The standard InChI is InChI=1S/C26H25N3O4/c1-17(20-8-9-20)28(15-18-5-3-2-4-6-18)23(30)16-29-24(31)26(33-25(29)32)12-11-21-13-19(14-27)7-10-22(21)26/h2-7,10,13,17,20H,8-9,11-12,15-16H2,1H3/t17-,26?/m0/s1. The van der Waals surface area contributed by atoms with Crippen molar-refractivity contribution in [1.82, 2.24) is 9.80 Å². The predicted octanol–water partition coefficient (Wildman–Crippen LogP) is 3.51. The molecule has 7 nitrogen and oxygen atoms in total. The van der Waals surface area contributed by atoms with Gasteiger partial charge in [0.1, 0.15) is 6.54 Å². The molecular formula is C26H25N3O4. The maximum absolute atomic E-state index is 13.4. The molecule has 2 fully saturated rings. The number of aryl methyl sites for hydroxylation is 1. The van der Waals surface area contributed by atoms with Gasteiger partial charge in [-0.05, 0) is 55.4 Å². The SMILES string of the molecule is C[C@@H](C1CC1)N(Cc1ccccc1)C(=O)CN1C(=O)OC2(CCc3cc(C#N)ccc32)C1=O. The average Bonchev–Trinajstić information content (AvgIpc) is 3.58. The Morgan fingerprint density at radius 2 is 2.00 bits per heavy atom. The molecule has 2 atom stereocenters. The zero-order valence-corrected chi connectivity index (χ0v) is 18.5. The number of hydrogen-bond acceptors (Lipinski definition) is 5. The van der Waals surface area contributed by atoms with Crippen LogP contribution in [0.25, 0.3) is 0 Å². The summed E-state index contributed by atoms with van der Waals surface area (Å²) >= 11 is 0. The smallest absolute Gasteiger partial charge is 0.418 e. The van der Waals surface area contributed by atoms with Crippen molar-refractivity contribution in [3.8, 4) is 6.07 Å². The van der Waals surface area contributed by atoms with Crippen LogP contribution in [0.5, 0.6) is 0 Å². The summed E-state index contributed by atoms with van der Waals surface area (Å²) in [5.41, 5.74) is 1.55. The fourth-order valence-electron chi connectivity index (χ4n) is 5.02. The molecular weight excluding hydrogens is 418 g/mol. The molecule has 1 heterocycles. The van der Waals surface area contributed by atoms with E-state index in [2.05, 4.69) is 6.07 Å².